The molecule has 3 aromatic carbocycles. The Morgan fingerprint density at radius 3 is 2.32 bits per heavy atom. The molecule has 4 rings (SSSR count). The van der Waals surface area contributed by atoms with E-state index in [4.69, 9.17) is 0 Å². The molecule has 0 saturated carbocycles. The Morgan fingerprint density at radius 2 is 1.61 bits per heavy atom. The van der Waals surface area contributed by atoms with Gasteiger partial charge in [0.2, 0.25) is 5.91 Å². The van der Waals surface area contributed by atoms with Gasteiger partial charge in [0.1, 0.15) is 6.54 Å². The molecule has 0 radical (unpaired) electrons. The molecule has 2 amide bonds. The van der Waals surface area contributed by atoms with E-state index in [0.717, 1.165) is 5.56 Å². The van der Waals surface area contributed by atoms with Gasteiger partial charge in [-0.2, -0.15) is 0 Å². The molecule has 0 spiro atoms. The highest BCUT2D eigenvalue weighted by Crippen LogP contribution is 2.44. The largest absolute Gasteiger partial charge is 0.372 e. The minimum Gasteiger partial charge on any atom is -0.372 e. The normalized spacial score (nSPS) is 18.1. The van der Waals surface area contributed by atoms with E-state index in [1.165, 1.54) is 4.90 Å². The summed E-state index contributed by atoms with van der Waals surface area (Å²) in [5.74, 6) is -0.858. The topological polar surface area (TPSA) is 69.6 Å². The van der Waals surface area contributed by atoms with Crippen LogP contribution in [-0.2, 0) is 15.2 Å². The summed E-state index contributed by atoms with van der Waals surface area (Å²) in [5, 5.41) is 14.2. The first kappa shape index (κ1) is 17.9. The first-order valence-electron chi connectivity index (χ1n) is 9.06. The van der Waals surface area contributed by atoms with Crippen LogP contribution < -0.4 is 10.2 Å². The van der Waals surface area contributed by atoms with Gasteiger partial charge < -0.3 is 10.4 Å². The Bertz CT molecular complexity index is 1030. The minimum absolute atomic E-state index is 0.182. The summed E-state index contributed by atoms with van der Waals surface area (Å²) in [4.78, 5) is 27.1. The van der Waals surface area contributed by atoms with Gasteiger partial charge in [0, 0.05) is 11.3 Å². The predicted molar refractivity (Wildman–Crippen MR) is 108 cm³/mol. The highest BCUT2D eigenvalue weighted by molar-refractivity contribution is 6.12. The Hall–Kier alpha value is -3.44. The number of nitrogens with zero attached hydrogens (tertiary/aromatic N) is 1. The fraction of sp³-hybridized carbons (Fsp3) is 0.130. The van der Waals surface area contributed by atoms with Crippen molar-refractivity contribution in [3.8, 4) is 0 Å². The van der Waals surface area contributed by atoms with Crippen molar-refractivity contribution in [2.75, 3.05) is 16.8 Å². The average molecular weight is 372 g/mol. The number of amides is 2. The monoisotopic (exact) mass is 372 g/mol. The van der Waals surface area contributed by atoms with E-state index in [0.29, 0.717) is 22.5 Å². The second-order valence-electron chi connectivity index (χ2n) is 6.90. The summed E-state index contributed by atoms with van der Waals surface area (Å²) in [7, 11) is 0. The summed E-state index contributed by atoms with van der Waals surface area (Å²) < 4.78 is 0. The molecular weight excluding hydrogens is 352 g/mol. The second kappa shape index (κ2) is 6.94. The van der Waals surface area contributed by atoms with E-state index in [-0.39, 0.29) is 12.5 Å². The zero-order valence-electron chi connectivity index (χ0n) is 15.4. The van der Waals surface area contributed by atoms with Crippen LogP contribution in [0, 0.1) is 6.92 Å². The van der Waals surface area contributed by atoms with Crippen LogP contribution in [0.1, 0.15) is 16.7 Å². The molecule has 28 heavy (non-hydrogen) atoms. The number of carbonyl (C=O) groups is 2. The summed E-state index contributed by atoms with van der Waals surface area (Å²) >= 11 is 0. The van der Waals surface area contributed by atoms with Crippen LogP contribution in [0.25, 0.3) is 0 Å². The van der Waals surface area contributed by atoms with Crippen LogP contribution in [0.15, 0.2) is 78.9 Å². The van der Waals surface area contributed by atoms with Crippen molar-refractivity contribution in [1.82, 2.24) is 0 Å². The zero-order valence-corrected chi connectivity index (χ0v) is 15.4. The number of aryl methyl sites for hydroxylation is 1. The van der Waals surface area contributed by atoms with E-state index in [2.05, 4.69) is 5.32 Å². The van der Waals surface area contributed by atoms with Gasteiger partial charge >= 0.3 is 0 Å². The maximum atomic E-state index is 13.2. The van der Waals surface area contributed by atoms with Gasteiger partial charge in [-0.25, -0.2) is 0 Å². The van der Waals surface area contributed by atoms with Gasteiger partial charge in [-0.05, 0) is 30.7 Å². The second-order valence-corrected chi connectivity index (χ2v) is 6.90. The lowest BCUT2D eigenvalue weighted by atomic mass is 9.88. The molecule has 5 nitrogen and oxygen atoms in total. The van der Waals surface area contributed by atoms with Crippen molar-refractivity contribution in [2.24, 2.45) is 0 Å². The fourth-order valence-corrected chi connectivity index (χ4v) is 3.53. The lowest BCUT2D eigenvalue weighted by Crippen LogP contribution is -2.44. The molecule has 1 aliphatic rings. The summed E-state index contributed by atoms with van der Waals surface area (Å²) in [6, 6.07) is 23.3. The molecule has 0 fully saturated rings. The molecular formula is C23H20N2O3. The van der Waals surface area contributed by atoms with Crippen molar-refractivity contribution in [3.05, 3.63) is 95.6 Å². The summed E-state index contributed by atoms with van der Waals surface area (Å²) in [5.41, 5.74) is 1.45. The Labute approximate surface area is 163 Å². The molecule has 3 aromatic rings. The number of fused-ring (bicyclic) bond motifs is 1. The van der Waals surface area contributed by atoms with Crippen molar-refractivity contribution >= 4 is 23.2 Å². The maximum Gasteiger partial charge on any atom is 0.268 e. The lowest BCUT2D eigenvalue weighted by Gasteiger charge is -2.23. The van der Waals surface area contributed by atoms with Gasteiger partial charge in [-0.3, -0.25) is 14.5 Å². The Kier molecular flexibility index (Phi) is 4.45. The fourth-order valence-electron chi connectivity index (χ4n) is 3.53. The standard InChI is InChI=1S/C23H20N2O3/c1-16-11-13-18(14-12-16)24-21(26)15-25-20-10-6-5-9-19(20)23(28,22(25)27)17-7-3-2-4-8-17/h2-14,28H,15H2,1H3,(H,24,26)/t23-/m1/s1. The molecule has 0 aliphatic carbocycles. The van der Waals surface area contributed by atoms with E-state index in [1.54, 1.807) is 48.5 Å². The van der Waals surface area contributed by atoms with Crippen LogP contribution in [0.3, 0.4) is 0 Å². The van der Waals surface area contributed by atoms with Gasteiger partial charge in [0.25, 0.3) is 5.91 Å². The van der Waals surface area contributed by atoms with E-state index in [9.17, 15) is 14.7 Å². The maximum absolute atomic E-state index is 13.2. The predicted octanol–water partition coefficient (Wildman–Crippen LogP) is 3.22. The number of carbonyl (C=O) groups excluding carboxylic acids is 2. The molecule has 1 heterocycles. The van der Waals surface area contributed by atoms with Crippen LogP contribution >= 0.6 is 0 Å². The molecule has 2 N–H and O–H groups in total. The smallest absolute Gasteiger partial charge is 0.268 e. The molecule has 140 valence electrons. The van der Waals surface area contributed by atoms with Gasteiger partial charge in [0.15, 0.2) is 5.60 Å². The lowest BCUT2D eigenvalue weighted by molar-refractivity contribution is -0.133. The van der Waals surface area contributed by atoms with Crippen LogP contribution in [-0.4, -0.2) is 23.5 Å². The number of nitrogens with one attached hydrogen (secondary N) is 1. The number of anilines is 2. The molecule has 0 saturated heterocycles. The van der Waals surface area contributed by atoms with E-state index < -0.39 is 11.5 Å². The van der Waals surface area contributed by atoms with Crippen molar-refractivity contribution < 1.29 is 14.7 Å². The van der Waals surface area contributed by atoms with Gasteiger partial charge in [-0.15, -0.1) is 0 Å². The molecule has 0 aromatic heterocycles. The highest BCUT2D eigenvalue weighted by Gasteiger charge is 2.51. The number of hydrogen-bond donors (Lipinski definition) is 2. The summed E-state index contributed by atoms with van der Waals surface area (Å²) in [6.07, 6.45) is 0. The number of rotatable bonds is 4. The van der Waals surface area contributed by atoms with Crippen LogP contribution in [0.4, 0.5) is 11.4 Å². The third kappa shape index (κ3) is 2.96. The van der Waals surface area contributed by atoms with Crippen molar-refractivity contribution in [2.45, 2.75) is 12.5 Å². The molecule has 1 atom stereocenters. The number of hydrogen-bond acceptors (Lipinski definition) is 3. The highest BCUT2D eigenvalue weighted by atomic mass is 16.3. The van der Waals surface area contributed by atoms with E-state index >= 15 is 0 Å². The number of benzene rings is 3. The number of para-hydroxylation sites is 1. The third-order valence-electron chi connectivity index (χ3n) is 4.97. The first-order valence-corrected chi connectivity index (χ1v) is 9.06. The SMILES string of the molecule is Cc1ccc(NC(=O)CN2C(=O)[C@@](O)(c3ccccc3)c3ccccc32)cc1. The number of aliphatic hydroxyl groups is 1. The van der Waals surface area contributed by atoms with Crippen LogP contribution in [0.5, 0.6) is 0 Å². The van der Waals surface area contributed by atoms with Gasteiger partial charge in [0.05, 0.1) is 5.69 Å². The Morgan fingerprint density at radius 1 is 0.964 bits per heavy atom. The molecule has 0 unspecified atom stereocenters. The van der Waals surface area contributed by atoms with E-state index in [1.807, 2.05) is 37.3 Å². The quantitative estimate of drug-likeness (QED) is 0.739. The molecule has 0 bridgehead atoms. The van der Waals surface area contributed by atoms with Gasteiger partial charge in [-0.1, -0.05) is 66.2 Å². The molecule has 1 aliphatic heterocycles. The first-order chi connectivity index (χ1) is 13.5. The average Bonchev–Trinajstić information content (AvgIpc) is 2.93. The zero-order chi connectivity index (χ0) is 19.7. The van der Waals surface area contributed by atoms with Crippen molar-refractivity contribution in [3.63, 3.8) is 0 Å². The Balaban J connectivity index is 1.64. The van der Waals surface area contributed by atoms with Crippen LogP contribution in [0.2, 0.25) is 0 Å². The third-order valence-corrected chi connectivity index (χ3v) is 4.97. The summed E-state index contributed by atoms with van der Waals surface area (Å²) in [6.45, 7) is 1.79. The molecule has 5 heteroatoms. The minimum atomic E-state index is -1.80. The van der Waals surface area contributed by atoms with Crippen molar-refractivity contribution in [1.29, 1.82) is 0 Å².